The Balaban J connectivity index is 1.95. The largest absolute Gasteiger partial charge is 0.366 e. The van der Waals surface area contributed by atoms with Crippen molar-refractivity contribution < 1.29 is 13.2 Å². The molecule has 1 unspecified atom stereocenters. The first kappa shape index (κ1) is 14.0. The Morgan fingerprint density at radius 2 is 2.11 bits per heavy atom. The fraction of sp³-hybridized carbons (Fsp3) is 0.462. The van der Waals surface area contributed by atoms with E-state index in [-0.39, 0.29) is 11.0 Å². The zero-order valence-corrected chi connectivity index (χ0v) is 11.4. The molecule has 19 heavy (non-hydrogen) atoms. The number of nitrogens with two attached hydrogens (primary N) is 1. The van der Waals surface area contributed by atoms with Crippen LogP contribution in [0.3, 0.4) is 0 Å². The Hall–Kier alpha value is -1.40. The van der Waals surface area contributed by atoms with Gasteiger partial charge in [-0.05, 0) is 24.5 Å². The summed E-state index contributed by atoms with van der Waals surface area (Å²) in [5, 5.41) is 2.81. The van der Waals surface area contributed by atoms with Crippen molar-refractivity contribution in [3.8, 4) is 0 Å². The summed E-state index contributed by atoms with van der Waals surface area (Å²) in [6, 6.07) is 7.07. The van der Waals surface area contributed by atoms with Gasteiger partial charge in [-0.15, -0.1) is 0 Å². The molecule has 1 aliphatic rings. The van der Waals surface area contributed by atoms with E-state index in [0.29, 0.717) is 25.1 Å². The molecule has 104 valence electrons. The van der Waals surface area contributed by atoms with Crippen LogP contribution in [0.25, 0.3) is 0 Å². The minimum Gasteiger partial charge on any atom is -0.366 e. The molecule has 0 aliphatic carbocycles. The monoisotopic (exact) mass is 282 g/mol. The molecule has 1 aliphatic heterocycles. The number of sulfone groups is 1. The molecule has 5 nitrogen and oxygen atoms in total. The van der Waals surface area contributed by atoms with Crippen molar-refractivity contribution >= 4 is 15.7 Å². The van der Waals surface area contributed by atoms with E-state index in [4.69, 9.17) is 5.73 Å². The number of nitrogens with one attached hydrogen (secondary N) is 1. The second-order valence-electron chi connectivity index (χ2n) is 4.78. The normalized spacial score (nSPS) is 21.4. The van der Waals surface area contributed by atoms with E-state index in [0.717, 1.165) is 12.0 Å². The maximum Gasteiger partial charge on any atom is 0.249 e. The molecule has 0 aromatic heterocycles. The van der Waals surface area contributed by atoms with Gasteiger partial charge in [0, 0.05) is 18.7 Å². The predicted molar refractivity (Wildman–Crippen MR) is 73.5 cm³/mol. The molecule has 0 saturated carbocycles. The second kappa shape index (κ2) is 5.71. The minimum atomic E-state index is -2.92. The van der Waals surface area contributed by atoms with E-state index in [1.165, 1.54) is 0 Å². The Morgan fingerprint density at radius 3 is 2.74 bits per heavy atom. The van der Waals surface area contributed by atoms with Gasteiger partial charge in [-0.2, -0.15) is 0 Å². The van der Waals surface area contributed by atoms with Crippen molar-refractivity contribution in [2.45, 2.75) is 24.6 Å². The van der Waals surface area contributed by atoms with Gasteiger partial charge in [0.25, 0.3) is 0 Å². The summed E-state index contributed by atoms with van der Waals surface area (Å²) in [6.07, 6.45) is 1.46. The van der Waals surface area contributed by atoms with Gasteiger partial charge in [-0.25, -0.2) is 8.42 Å². The highest BCUT2D eigenvalue weighted by Crippen LogP contribution is 2.19. The summed E-state index contributed by atoms with van der Waals surface area (Å²) in [4.78, 5) is 11.2. The molecule has 3 N–H and O–H groups in total. The van der Waals surface area contributed by atoms with Crippen LogP contribution < -0.4 is 11.1 Å². The zero-order chi connectivity index (χ0) is 13.9. The van der Waals surface area contributed by atoms with Crippen molar-refractivity contribution in [2.75, 3.05) is 12.3 Å². The molecule has 1 aromatic carbocycles. The number of hydrogen-bond acceptors (Lipinski definition) is 4. The molecular weight excluding hydrogens is 264 g/mol. The molecule has 1 aromatic rings. The Morgan fingerprint density at radius 1 is 1.37 bits per heavy atom. The van der Waals surface area contributed by atoms with Crippen LogP contribution in [-0.2, 0) is 16.4 Å². The van der Waals surface area contributed by atoms with Gasteiger partial charge >= 0.3 is 0 Å². The van der Waals surface area contributed by atoms with Crippen molar-refractivity contribution in [3.05, 3.63) is 35.4 Å². The maximum absolute atomic E-state index is 11.7. The molecule has 1 heterocycles. The van der Waals surface area contributed by atoms with Gasteiger partial charge in [0.15, 0.2) is 9.84 Å². The zero-order valence-electron chi connectivity index (χ0n) is 10.6. The van der Waals surface area contributed by atoms with Crippen LogP contribution in [0, 0.1) is 0 Å². The molecule has 0 bridgehead atoms. The average Bonchev–Trinajstić information content (AvgIpc) is 2.69. The van der Waals surface area contributed by atoms with Gasteiger partial charge in [-0.3, -0.25) is 4.79 Å². The third-order valence-corrected chi connectivity index (χ3v) is 5.71. The Kier molecular flexibility index (Phi) is 4.21. The molecule has 1 atom stereocenters. The number of carbonyl (C=O) groups is 1. The molecule has 6 heteroatoms. The number of hydrogen-bond donors (Lipinski definition) is 2. The summed E-state index contributed by atoms with van der Waals surface area (Å²) < 4.78 is 23.3. The quantitative estimate of drug-likeness (QED) is 0.820. The SMILES string of the molecule is NC(=O)c1ccccc1CNCC1CCCS1(=O)=O. The van der Waals surface area contributed by atoms with Crippen LogP contribution >= 0.6 is 0 Å². The first-order valence-corrected chi connectivity index (χ1v) is 8.02. The van der Waals surface area contributed by atoms with Gasteiger partial charge in [0.2, 0.25) is 5.91 Å². The van der Waals surface area contributed by atoms with E-state index < -0.39 is 15.7 Å². The van der Waals surface area contributed by atoms with Crippen molar-refractivity contribution in [1.82, 2.24) is 5.32 Å². The average molecular weight is 282 g/mol. The smallest absolute Gasteiger partial charge is 0.249 e. The highest BCUT2D eigenvalue weighted by atomic mass is 32.2. The van der Waals surface area contributed by atoms with Crippen LogP contribution in [0.2, 0.25) is 0 Å². The van der Waals surface area contributed by atoms with Crippen molar-refractivity contribution in [2.24, 2.45) is 5.73 Å². The fourth-order valence-corrected chi connectivity index (χ4v) is 4.17. The van der Waals surface area contributed by atoms with E-state index in [2.05, 4.69) is 5.32 Å². The summed E-state index contributed by atoms with van der Waals surface area (Å²) in [6.45, 7) is 0.876. The van der Waals surface area contributed by atoms with Crippen LogP contribution in [0.4, 0.5) is 0 Å². The molecule has 0 spiro atoms. The highest BCUT2D eigenvalue weighted by Gasteiger charge is 2.30. The van der Waals surface area contributed by atoms with Crippen LogP contribution in [0.1, 0.15) is 28.8 Å². The topological polar surface area (TPSA) is 89.3 Å². The third kappa shape index (κ3) is 3.33. The lowest BCUT2D eigenvalue weighted by atomic mass is 10.1. The molecule has 0 radical (unpaired) electrons. The van der Waals surface area contributed by atoms with Crippen LogP contribution in [0.15, 0.2) is 24.3 Å². The lowest BCUT2D eigenvalue weighted by Crippen LogP contribution is -2.30. The van der Waals surface area contributed by atoms with Gasteiger partial charge in [-0.1, -0.05) is 18.2 Å². The number of benzene rings is 1. The predicted octanol–water partition coefficient (Wildman–Crippen LogP) is 0.452. The minimum absolute atomic E-state index is 0.289. The number of amides is 1. The lowest BCUT2D eigenvalue weighted by Gasteiger charge is -2.12. The van der Waals surface area contributed by atoms with E-state index in [9.17, 15) is 13.2 Å². The highest BCUT2D eigenvalue weighted by molar-refractivity contribution is 7.92. The van der Waals surface area contributed by atoms with Crippen LogP contribution in [0.5, 0.6) is 0 Å². The molecule has 2 rings (SSSR count). The van der Waals surface area contributed by atoms with Crippen LogP contribution in [-0.4, -0.2) is 31.9 Å². The Bertz CT molecular complexity index is 569. The fourth-order valence-electron chi connectivity index (χ4n) is 2.37. The molecule has 1 saturated heterocycles. The number of carbonyl (C=O) groups excluding carboxylic acids is 1. The first-order valence-electron chi connectivity index (χ1n) is 6.31. The summed E-state index contributed by atoms with van der Waals surface area (Å²) in [5.74, 6) is -0.178. The van der Waals surface area contributed by atoms with E-state index >= 15 is 0 Å². The van der Waals surface area contributed by atoms with Gasteiger partial charge < -0.3 is 11.1 Å². The maximum atomic E-state index is 11.7. The third-order valence-electron chi connectivity index (χ3n) is 3.43. The second-order valence-corrected chi connectivity index (χ2v) is 7.18. The van der Waals surface area contributed by atoms with Gasteiger partial charge in [0.05, 0.1) is 11.0 Å². The summed E-state index contributed by atoms with van der Waals surface area (Å²) in [7, 11) is -2.92. The Labute approximate surface area is 113 Å². The molecular formula is C13H18N2O3S. The van der Waals surface area contributed by atoms with Crippen molar-refractivity contribution in [1.29, 1.82) is 0 Å². The molecule has 1 fully saturated rings. The lowest BCUT2D eigenvalue weighted by molar-refractivity contribution is 0.0999. The van der Waals surface area contributed by atoms with Crippen molar-refractivity contribution in [3.63, 3.8) is 0 Å². The van der Waals surface area contributed by atoms with E-state index in [1.54, 1.807) is 12.1 Å². The van der Waals surface area contributed by atoms with Gasteiger partial charge in [0.1, 0.15) is 0 Å². The summed E-state index contributed by atoms with van der Waals surface area (Å²) >= 11 is 0. The number of primary amides is 1. The standard InChI is InChI=1S/C13H18N2O3S/c14-13(16)12-6-2-1-4-10(12)8-15-9-11-5-3-7-19(11,17)18/h1-2,4,6,11,15H,3,5,7-9H2,(H2,14,16). The van der Waals surface area contributed by atoms with E-state index in [1.807, 2.05) is 12.1 Å². The first-order chi connectivity index (χ1) is 9.00. The molecule has 1 amide bonds. The summed E-state index contributed by atoms with van der Waals surface area (Å²) in [5.41, 5.74) is 6.56. The number of rotatable bonds is 5.